The van der Waals surface area contributed by atoms with Gasteiger partial charge in [-0.15, -0.1) is 0 Å². The maximum atomic E-state index is 13.0. The van der Waals surface area contributed by atoms with Crippen molar-refractivity contribution >= 4 is 17.4 Å². The molecule has 88 valence electrons. The molecule has 0 aliphatic heterocycles. The van der Waals surface area contributed by atoms with Crippen LogP contribution < -0.4 is 10.5 Å². The van der Waals surface area contributed by atoms with E-state index in [1.165, 1.54) is 19.2 Å². The average molecular weight is 253 g/mol. The van der Waals surface area contributed by atoms with E-state index in [1.807, 2.05) is 0 Å². The van der Waals surface area contributed by atoms with Gasteiger partial charge >= 0.3 is 0 Å². The van der Waals surface area contributed by atoms with E-state index in [1.54, 1.807) is 18.2 Å². The van der Waals surface area contributed by atoms with Gasteiger partial charge in [0.05, 0.1) is 17.8 Å². The first-order valence-electron chi connectivity index (χ1n) is 4.87. The summed E-state index contributed by atoms with van der Waals surface area (Å²) in [6.07, 6.45) is 0. The number of nitrogens with two attached hydrogens (primary N) is 1. The Balaban J connectivity index is 2.46. The van der Waals surface area contributed by atoms with Crippen LogP contribution >= 0.6 is 11.6 Å². The lowest BCUT2D eigenvalue weighted by atomic mass is 10.1. The minimum atomic E-state index is -0.461. The minimum Gasteiger partial charge on any atom is -0.493 e. The number of benzene rings is 1. The predicted molar refractivity (Wildman–Crippen MR) is 65.6 cm³/mol. The number of aromatic nitrogens is 1. The van der Waals surface area contributed by atoms with Crippen molar-refractivity contribution in [2.75, 3.05) is 12.8 Å². The number of methoxy groups -OCH3 is 1. The molecule has 1 heterocycles. The summed E-state index contributed by atoms with van der Waals surface area (Å²) in [6.45, 7) is 0. The molecule has 1 aromatic heterocycles. The zero-order valence-electron chi connectivity index (χ0n) is 9.08. The molecule has 0 amide bonds. The van der Waals surface area contributed by atoms with Gasteiger partial charge in [-0.1, -0.05) is 11.6 Å². The number of pyridine rings is 1. The number of nitrogen functional groups attached to an aromatic ring is 1. The summed E-state index contributed by atoms with van der Waals surface area (Å²) < 4.78 is 18.0. The zero-order valence-corrected chi connectivity index (χ0v) is 9.83. The highest BCUT2D eigenvalue weighted by atomic mass is 35.5. The second-order valence-electron chi connectivity index (χ2n) is 3.41. The third-order valence-corrected chi connectivity index (χ3v) is 2.61. The molecule has 3 nitrogen and oxygen atoms in total. The van der Waals surface area contributed by atoms with Crippen molar-refractivity contribution in [1.82, 2.24) is 4.98 Å². The highest BCUT2D eigenvalue weighted by molar-refractivity contribution is 6.31. The second-order valence-corrected chi connectivity index (χ2v) is 3.82. The van der Waals surface area contributed by atoms with Crippen LogP contribution in [0.3, 0.4) is 0 Å². The number of halogens is 2. The minimum absolute atomic E-state index is 0.0543. The van der Waals surface area contributed by atoms with Gasteiger partial charge < -0.3 is 10.5 Å². The van der Waals surface area contributed by atoms with Gasteiger partial charge in [0.15, 0.2) is 11.6 Å². The first kappa shape index (κ1) is 11.7. The molecule has 0 saturated heterocycles. The standard InChI is InChI=1S/C12H10ClFN2O/c1-17-11-5-4-10(16-12(11)15)7-2-3-9(14)8(13)6-7/h2-6H,1H3,(H2,15,16). The lowest BCUT2D eigenvalue weighted by Gasteiger charge is -2.06. The van der Waals surface area contributed by atoms with Crippen LogP contribution in [0, 0.1) is 5.82 Å². The fraction of sp³-hybridized carbons (Fsp3) is 0.0833. The molecule has 0 atom stereocenters. The van der Waals surface area contributed by atoms with E-state index in [2.05, 4.69) is 4.98 Å². The highest BCUT2D eigenvalue weighted by Gasteiger charge is 2.07. The molecule has 0 bridgehead atoms. The van der Waals surface area contributed by atoms with Crippen molar-refractivity contribution in [2.24, 2.45) is 0 Å². The monoisotopic (exact) mass is 252 g/mol. The Hall–Kier alpha value is -1.81. The van der Waals surface area contributed by atoms with E-state index in [0.717, 1.165) is 0 Å². The molecule has 0 aliphatic rings. The quantitative estimate of drug-likeness (QED) is 0.893. The summed E-state index contributed by atoms with van der Waals surface area (Å²) >= 11 is 5.70. The summed E-state index contributed by atoms with van der Waals surface area (Å²) in [7, 11) is 1.52. The van der Waals surface area contributed by atoms with E-state index >= 15 is 0 Å². The average Bonchev–Trinajstić information content (AvgIpc) is 2.32. The van der Waals surface area contributed by atoms with Gasteiger partial charge in [-0.3, -0.25) is 0 Å². The maximum absolute atomic E-state index is 13.0. The molecule has 0 radical (unpaired) electrons. The Morgan fingerprint density at radius 1 is 1.29 bits per heavy atom. The Labute approximate surface area is 103 Å². The summed E-state index contributed by atoms with van der Waals surface area (Å²) in [6, 6.07) is 7.83. The molecule has 0 aliphatic carbocycles. The lowest BCUT2D eigenvalue weighted by molar-refractivity contribution is 0.415. The smallest absolute Gasteiger partial charge is 0.166 e. The van der Waals surface area contributed by atoms with Crippen molar-refractivity contribution in [2.45, 2.75) is 0 Å². The van der Waals surface area contributed by atoms with Crippen molar-refractivity contribution in [3.63, 3.8) is 0 Å². The summed E-state index contributed by atoms with van der Waals surface area (Å²) in [4.78, 5) is 4.16. The number of hydrogen-bond donors (Lipinski definition) is 1. The predicted octanol–water partition coefficient (Wildman–Crippen LogP) is 3.13. The molecular formula is C12H10ClFN2O. The molecular weight excluding hydrogens is 243 g/mol. The van der Waals surface area contributed by atoms with Crippen LogP contribution in [0.15, 0.2) is 30.3 Å². The van der Waals surface area contributed by atoms with Gasteiger partial charge in [0.25, 0.3) is 0 Å². The number of rotatable bonds is 2. The van der Waals surface area contributed by atoms with Crippen LogP contribution in [-0.4, -0.2) is 12.1 Å². The Bertz CT molecular complexity index is 560. The van der Waals surface area contributed by atoms with Crippen molar-refractivity contribution in [1.29, 1.82) is 0 Å². The van der Waals surface area contributed by atoms with E-state index in [-0.39, 0.29) is 10.8 Å². The van der Waals surface area contributed by atoms with Crippen LogP contribution in [0.5, 0.6) is 5.75 Å². The molecule has 0 unspecified atom stereocenters. The molecule has 17 heavy (non-hydrogen) atoms. The van der Waals surface area contributed by atoms with Gasteiger partial charge in [-0.25, -0.2) is 9.37 Å². The molecule has 2 rings (SSSR count). The topological polar surface area (TPSA) is 48.1 Å². The molecule has 2 aromatic rings. The van der Waals surface area contributed by atoms with Gasteiger partial charge in [0, 0.05) is 5.56 Å². The van der Waals surface area contributed by atoms with Crippen molar-refractivity contribution in [3.05, 3.63) is 41.2 Å². The van der Waals surface area contributed by atoms with Crippen LogP contribution in [0.1, 0.15) is 0 Å². The first-order valence-corrected chi connectivity index (χ1v) is 5.25. The van der Waals surface area contributed by atoms with Gasteiger partial charge in [-0.05, 0) is 30.3 Å². The molecule has 0 fully saturated rings. The second kappa shape index (κ2) is 4.59. The maximum Gasteiger partial charge on any atom is 0.166 e. The largest absolute Gasteiger partial charge is 0.493 e. The Morgan fingerprint density at radius 2 is 2.06 bits per heavy atom. The molecule has 5 heteroatoms. The third kappa shape index (κ3) is 2.31. The number of anilines is 1. The fourth-order valence-corrected chi connectivity index (χ4v) is 1.63. The zero-order chi connectivity index (χ0) is 12.4. The van der Waals surface area contributed by atoms with Crippen LogP contribution in [0.25, 0.3) is 11.3 Å². The van der Waals surface area contributed by atoms with E-state index < -0.39 is 5.82 Å². The number of ether oxygens (including phenoxy) is 1. The van der Waals surface area contributed by atoms with E-state index in [9.17, 15) is 4.39 Å². The Kier molecular flexibility index (Phi) is 3.15. The van der Waals surface area contributed by atoms with Crippen molar-refractivity contribution < 1.29 is 9.13 Å². The summed E-state index contributed by atoms with van der Waals surface area (Å²) in [5, 5.41) is 0.0543. The summed E-state index contributed by atoms with van der Waals surface area (Å²) in [5.41, 5.74) is 7.01. The first-order chi connectivity index (χ1) is 8.11. The number of hydrogen-bond acceptors (Lipinski definition) is 3. The SMILES string of the molecule is COc1ccc(-c2ccc(F)c(Cl)c2)nc1N. The van der Waals surface area contributed by atoms with E-state index in [0.29, 0.717) is 17.0 Å². The van der Waals surface area contributed by atoms with Gasteiger partial charge in [0.2, 0.25) is 0 Å². The molecule has 0 spiro atoms. The third-order valence-electron chi connectivity index (χ3n) is 2.32. The van der Waals surface area contributed by atoms with E-state index in [4.69, 9.17) is 22.1 Å². The van der Waals surface area contributed by atoms with Gasteiger partial charge in [-0.2, -0.15) is 0 Å². The normalized spacial score (nSPS) is 10.3. The molecule has 0 saturated carbocycles. The van der Waals surface area contributed by atoms with Crippen LogP contribution in [-0.2, 0) is 0 Å². The number of nitrogens with zero attached hydrogens (tertiary/aromatic N) is 1. The summed E-state index contributed by atoms with van der Waals surface area (Å²) in [5.74, 6) is 0.323. The van der Waals surface area contributed by atoms with Crippen LogP contribution in [0.2, 0.25) is 5.02 Å². The fourth-order valence-electron chi connectivity index (χ4n) is 1.45. The lowest BCUT2D eigenvalue weighted by Crippen LogP contribution is -1.97. The van der Waals surface area contributed by atoms with Crippen molar-refractivity contribution in [3.8, 4) is 17.0 Å². The van der Waals surface area contributed by atoms with Crippen LogP contribution in [0.4, 0.5) is 10.2 Å². The molecule has 2 N–H and O–H groups in total. The highest BCUT2D eigenvalue weighted by Crippen LogP contribution is 2.27. The molecule has 1 aromatic carbocycles. The van der Waals surface area contributed by atoms with Gasteiger partial charge in [0.1, 0.15) is 5.82 Å². The Morgan fingerprint density at radius 3 is 2.65 bits per heavy atom.